The standard InChI is InChI=1S/C25H29FN6O/c26-19-6-3-5-18(15-19)11-12-28-24-22(9-10-23(31-24)32-13-1-2-14-32)25(33)29-17-21-8-4-7-20(16-27)30-21/h3-10,15H,1-2,11-14,16-17,27H2,(H,28,31)(H,29,33). The fourth-order valence-corrected chi connectivity index (χ4v) is 3.91. The van der Waals surface area contributed by atoms with Crippen LogP contribution >= 0.6 is 0 Å². The van der Waals surface area contributed by atoms with E-state index < -0.39 is 0 Å². The summed E-state index contributed by atoms with van der Waals surface area (Å²) in [7, 11) is 0. The Hall–Kier alpha value is -3.52. The van der Waals surface area contributed by atoms with Gasteiger partial charge in [-0.3, -0.25) is 9.78 Å². The molecule has 1 fully saturated rings. The maximum atomic E-state index is 13.5. The molecule has 2 aromatic heterocycles. The number of benzene rings is 1. The number of halogens is 1. The molecule has 4 N–H and O–H groups in total. The summed E-state index contributed by atoms with van der Waals surface area (Å²) in [4.78, 5) is 24.4. The summed E-state index contributed by atoms with van der Waals surface area (Å²) in [6.07, 6.45) is 2.90. The smallest absolute Gasteiger partial charge is 0.255 e. The van der Waals surface area contributed by atoms with Crippen LogP contribution in [0.15, 0.2) is 54.6 Å². The van der Waals surface area contributed by atoms with Gasteiger partial charge in [-0.25, -0.2) is 9.37 Å². The number of nitrogens with one attached hydrogen (secondary N) is 2. The summed E-state index contributed by atoms with van der Waals surface area (Å²) in [6.45, 7) is 3.10. The van der Waals surface area contributed by atoms with Crippen LogP contribution in [0.3, 0.4) is 0 Å². The van der Waals surface area contributed by atoms with E-state index in [0.29, 0.717) is 37.4 Å². The average Bonchev–Trinajstić information content (AvgIpc) is 3.38. The SMILES string of the molecule is NCc1cccc(CNC(=O)c2ccc(N3CCCC3)nc2NCCc2cccc(F)c2)n1. The molecule has 0 saturated carbocycles. The molecule has 172 valence electrons. The highest BCUT2D eigenvalue weighted by atomic mass is 19.1. The Morgan fingerprint density at radius 2 is 1.82 bits per heavy atom. The predicted molar refractivity (Wildman–Crippen MR) is 128 cm³/mol. The largest absolute Gasteiger partial charge is 0.369 e. The quantitative estimate of drug-likeness (QED) is 0.465. The molecular formula is C25H29FN6O. The molecular weight excluding hydrogens is 419 g/mol. The first-order valence-corrected chi connectivity index (χ1v) is 11.3. The van der Waals surface area contributed by atoms with Crippen LogP contribution in [0.25, 0.3) is 0 Å². The maximum Gasteiger partial charge on any atom is 0.255 e. The Balaban J connectivity index is 1.47. The van der Waals surface area contributed by atoms with E-state index >= 15 is 0 Å². The third-order valence-corrected chi connectivity index (χ3v) is 5.65. The fourth-order valence-electron chi connectivity index (χ4n) is 3.91. The number of pyridine rings is 2. The van der Waals surface area contributed by atoms with Crippen LogP contribution in [-0.2, 0) is 19.5 Å². The number of nitrogens with zero attached hydrogens (tertiary/aromatic N) is 3. The Kier molecular flexibility index (Phi) is 7.47. The number of carbonyl (C=O) groups is 1. The molecule has 0 atom stereocenters. The molecule has 0 spiro atoms. The van der Waals surface area contributed by atoms with Gasteiger partial charge in [-0.15, -0.1) is 0 Å². The van der Waals surface area contributed by atoms with Gasteiger partial charge in [0.1, 0.15) is 17.5 Å². The molecule has 4 rings (SSSR count). The Labute approximate surface area is 193 Å². The highest BCUT2D eigenvalue weighted by Crippen LogP contribution is 2.23. The molecule has 1 aromatic carbocycles. The highest BCUT2D eigenvalue weighted by Gasteiger charge is 2.18. The maximum absolute atomic E-state index is 13.5. The van der Waals surface area contributed by atoms with Crippen molar-refractivity contribution in [2.75, 3.05) is 29.9 Å². The van der Waals surface area contributed by atoms with Crippen LogP contribution in [-0.4, -0.2) is 35.5 Å². The van der Waals surface area contributed by atoms with E-state index in [1.165, 1.54) is 12.1 Å². The topological polar surface area (TPSA) is 96.2 Å². The number of hydrogen-bond acceptors (Lipinski definition) is 6. The molecule has 1 aliphatic rings. The molecule has 0 unspecified atom stereocenters. The lowest BCUT2D eigenvalue weighted by atomic mass is 10.1. The average molecular weight is 449 g/mol. The molecule has 33 heavy (non-hydrogen) atoms. The molecule has 8 heteroatoms. The second kappa shape index (κ2) is 10.9. The van der Waals surface area contributed by atoms with Gasteiger partial charge in [-0.2, -0.15) is 0 Å². The number of amides is 1. The minimum atomic E-state index is -0.256. The zero-order valence-corrected chi connectivity index (χ0v) is 18.6. The molecule has 0 bridgehead atoms. The van der Waals surface area contributed by atoms with Gasteiger partial charge in [0.25, 0.3) is 5.91 Å². The van der Waals surface area contributed by atoms with Crippen LogP contribution in [0.4, 0.5) is 16.0 Å². The number of carbonyl (C=O) groups excluding carboxylic acids is 1. The number of nitrogens with two attached hydrogens (primary N) is 1. The number of rotatable bonds is 9. The first-order chi connectivity index (χ1) is 16.1. The normalized spacial score (nSPS) is 13.2. The van der Waals surface area contributed by atoms with Crippen molar-refractivity contribution >= 4 is 17.5 Å². The Morgan fingerprint density at radius 3 is 2.61 bits per heavy atom. The first kappa shape index (κ1) is 22.7. The van der Waals surface area contributed by atoms with Crippen LogP contribution < -0.4 is 21.3 Å². The molecule has 1 amide bonds. The summed E-state index contributed by atoms with van der Waals surface area (Å²) >= 11 is 0. The lowest BCUT2D eigenvalue weighted by molar-refractivity contribution is 0.0951. The van der Waals surface area contributed by atoms with Crippen molar-refractivity contribution in [1.82, 2.24) is 15.3 Å². The van der Waals surface area contributed by atoms with Crippen molar-refractivity contribution in [2.45, 2.75) is 32.4 Å². The van der Waals surface area contributed by atoms with Crippen molar-refractivity contribution in [1.29, 1.82) is 0 Å². The summed E-state index contributed by atoms with van der Waals surface area (Å²) < 4.78 is 13.5. The van der Waals surface area contributed by atoms with Gasteiger partial charge in [-0.05, 0) is 61.2 Å². The molecule has 7 nitrogen and oxygen atoms in total. The van der Waals surface area contributed by atoms with E-state index in [-0.39, 0.29) is 11.7 Å². The van der Waals surface area contributed by atoms with Crippen molar-refractivity contribution in [3.63, 3.8) is 0 Å². The fraction of sp³-hybridized carbons (Fsp3) is 0.320. The van der Waals surface area contributed by atoms with E-state index in [2.05, 4.69) is 20.5 Å². The second-order valence-electron chi connectivity index (χ2n) is 8.07. The monoisotopic (exact) mass is 448 g/mol. The van der Waals surface area contributed by atoms with E-state index in [1.54, 1.807) is 6.07 Å². The summed E-state index contributed by atoms with van der Waals surface area (Å²) in [6, 6.07) is 15.8. The van der Waals surface area contributed by atoms with Crippen LogP contribution in [0.1, 0.15) is 40.2 Å². The first-order valence-electron chi connectivity index (χ1n) is 11.3. The van der Waals surface area contributed by atoms with Gasteiger partial charge in [0, 0.05) is 26.2 Å². The van der Waals surface area contributed by atoms with Crippen LogP contribution in [0.2, 0.25) is 0 Å². The van der Waals surface area contributed by atoms with Gasteiger partial charge in [-0.1, -0.05) is 18.2 Å². The van der Waals surface area contributed by atoms with E-state index in [1.807, 2.05) is 36.4 Å². The van der Waals surface area contributed by atoms with Gasteiger partial charge >= 0.3 is 0 Å². The van der Waals surface area contributed by atoms with E-state index in [4.69, 9.17) is 10.7 Å². The summed E-state index contributed by atoms with van der Waals surface area (Å²) in [5.74, 6) is 0.893. The van der Waals surface area contributed by atoms with Crippen molar-refractivity contribution in [2.24, 2.45) is 5.73 Å². The van der Waals surface area contributed by atoms with Crippen molar-refractivity contribution in [3.05, 3.63) is 82.9 Å². The number of aromatic nitrogens is 2. The third kappa shape index (κ3) is 6.04. The minimum Gasteiger partial charge on any atom is -0.369 e. The lowest BCUT2D eigenvalue weighted by Gasteiger charge is -2.19. The number of anilines is 2. The van der Waals surface area contributed by atoms with Crippen molar-refractivity contribution < 1.29 is 9.18 Å². The third-order valence-electron chi connectivity index (χ3n) is 5.65. The van der Waals surface area contributed by atoms with E-state index in [9.17, 15) is 9.18 Å². The molecule has 1 saturated heterocycles. The molecule has 3 aromatic rings. The zero-order valence-electron chi connectivity index (χ0n) is 18.6. The van der Waals surface area contributed by atoms with Crippen LogP contribution in [0.5, 0.6) is 0 Å². The summed E-state index contributed by atoms with van der Waals surface area (Å²) in [5.41, 5.74) is 8.53. The van der Waals surface area contributed by atoms with Crippen molar-refractivity contribution in [3.8, 4) is 0 Å². The van der Waals surface area contributed by atoms with E-state index in [0.717, 1.165) is 48.7 Å². The molecule has 0 radical (unpaired) electrons. The Bertz CT molecular complexity index is 1100. The molecule has 3 heterocycles. The number of hydrogen-bond donors (Lipinski definition) is 3. The highest BCUT2D eigenvalue weighted by molar-refractivity contribution is 5.99. The molecule has 0 aliphatic carbocycles. The minimum absolute atomic E-state index is 0.233. The second-order valence-corrected chi connectivity index (χ2v) is 8.07. The predicted octanol–water partition coefficient (Wildman–Crippen LogP) is 3.26. The Morgan fingerprint density at radius 1 is 1.03 bits per heavy atom. The molecule has 1 aliphatic heterocycles. The van der Waals surface area contributed by atoms with Gasteiger partial charge in [0.05, 0.1) is 23.5 Å². The van der Waals surface area contributed by atoms with Gasteiger partial charge < -0.3 is 21.3 Å². The van der Waals surface area contributed by atoms with Gasteiger partial charge in [0.15, 0.2) is 0 Å². The zero-order chi connectivity index (χ0) is 23.0. The summed E-state index contributed by atoms with van der Waals surface area (Å²) in [5, 5.41) is 6.22. The lowest BCUT2D eigenvalue weighted by Crippen LogP contribution is -2.26. The van der Waals surface area contributed by atoms with Gasteiger partial charge in [0.2, 0.25) is 0 Å². The van der Waals surface area contributed by atoms with Crippen LogP contribution in [0, 0.1) is 5.82 Å².